The maximum atomic E-state index is 6.14. The van der Waals surface area contributed by atoms with Crippen LogP contribution in [0, 0.1) is 0 Å². The SMILES string of the molecule is c1ccc(-c2cccc(C3(Cn4ccnc4)OCCCO3)c2)cc1. The summed E-state index contributed by atoms with van der Waals surface area (Å²) in [5.74, 6) is -0.760. The van der Waals surface area contributed by atoms with Crippen LogP contribution in [0.5, 0.6) is 0 Å². The zero-order valence-electron chi connectivity index (χ0n) is 13.5. The molecule has 4 rings (SSSR count). The molecular formula is C20H20N2O2. The molecule has 0 unspecified atom stereocenters. The molecule has 4 heteroatoms. The van der Waals surface area contributed by atoms with Crippen molar-refractivity contribution in [1.82, 2.24) is 9.55 Å². The number of nitrogens with zero attached hydrogens (tertiary/aromatic N) is 2. The average Bonchev–Trinajstić information content (AvgIpc) is 3.16. The standard InChI is InChI=1S/C20H20N2O2/c1-2-6-17(7-3-1)18-8-4-9-19(14-18)20(23-12-5-13-24-20)15-22-11-10-21-16-22/h1-4,6-11,14,16H,5,12-13,15H2. The molecular weight excluding hydrogens is 300 g/mol. The quantitative estimate of drug-likeness (QED) is 0.733. The Balaban J connectivity index is 1.73. The Kier molecular flexibility index (Phi) is 4.15. The molecule has 1 aliphatic rings. The molecule has 0 amide bonds. The summed E-state index contributed by atoms with van der Waals surface area (Å²) in [5.41, 5.74) is 3.39. The van der Waals surface area contributed by atoms with E-state index in [4.69, 9.17) is 9.47 Å². The van der Waals surface area contributed by atoms with Crippen LogP contribution in [0.4, 0.5) is 0 Å². The predicted molar refractivity (Wildman–Crippen MR) is 92.3 cm³/mol. The Labute approximate surface area is 141 Å². The van der Waals surface area contributed by atoms with Crippen LogP contribution in [0.1, 0.15) is 12.0 Å². The topological polar surface area (TPSA) is 36.3 Å². The van der Waals surface area contributed by atoms with Gasteiger partial charge in [0, 0.05) is 18.0 Å². The minimum Gasteiger partial charge on any atom is -0.344 e. The van der Waals surface area contributed by atoms with Gasteiger partial charge in [0.05, 0.1) is 26.1 Å². The third kappa shape index (κ3) is 2.98. The highest BCUT2D eigenvalue weighted by Gasteiger charge is 2.37. The lowest BCUT2D eigenvalue weighted by molar-refractivity contribution is -0.283. The highest BCUT2D eigenvalue weighted by atomic mass is 16.7. The normalized spacial score (nSPS) is 16.8. The van der Waals surface area contributed by atoms with Gasteiger partial charge < -0.3 is 14.0 Å². The Hall–Kier alpha value is -2.43. The van der Waals surface area contributed by atoms with Gasteiger partial charge in [0.1, 0.15) is 0 Å². The van der Waals surface area contributed by atoms with Gasteiger partial charge in [-0.25, -0.2) is 4.98 Å². The van der Waals surface area contributed by atoms with Crippen LogP contribution < -0.4 is 0 Å². The van der Waals surface area contributed by atoms with Gasteiger partial charge in [-0.3, -0.25) is 0 Å². The molecule has 0 aliphatic carbocycles. The summed E-state index contributed by atoms with van der Waals surface area (Å²) in [6, 6.07) is 18.8. The summed E-state index contributed by atoms with van der Waals surface area (Å²) < 4.78 is 14.3. The second kappa shape index (κ2) is 6.59. The Morgan fingerprint density at radius 2 is 1.75 bits per heavy atom. The molecule has 1 saturated heterocycles. The third-order valence-corrected chi connectivity index (χ3v) is 4.32. The number of hydrogen-bond acceptors (Lipinski definition) is 3. The van der Waals surface area contributed by atoms with Crippen molar-refractivity contribution in [2.24, 2.45) is 0 Å². The Morgan fingerprint density at radius 3 is 2.50 bits per heavy atom. The number of rotatable bonds is 4. The molecule has 4 nitrogen and oxygen atoms in total. The maximum Gasteiger partial charge on any atom is 0.213 e. The van der Waals surface area contributed by atoms with E-state index in [1.807, 2.05) is 16.8 Å². The summed E-state index contributed by atoms with van der Waals surface area (Å²) in [6.07, 6.45) is 6.43. The highest BCUT2D eigenvalue weighted by molar-refractivity contribution is 5.64. The first-order valence-corrected chi connectivity index (χ1v) is 8.25. The van der Waals surface area contributed by atoms with Crippen LogP contribution in [-0.2, 0) is 21.8 Å². The number of ether oxygens (including phenoxy) is 2. The van der Waals surface area contributed by atoms with E-state index in [2.05, 4.69) is 53.5 Å². The number of aromatic nitrogens is 2. The van der Waals surface area contributed by atoms with Gasteiger partial charge in [-0.1, -0.05) is 48.5 Å². The van der Waals surface area contributed by atoms with E-state index in [9.17, 15) is 0 Å². The van der Waals surface area contributed by atoms with Crippen molar-refractivity contribution in [2.75, 3.05) is 13.2 Å². The summed E-state index contributed by atoms with van der Waals surface area (Å²) in [7, 11) is 0. The van der Waals surface area contributed by atoms with Crippen molar-refractivity contribution in [3.8, 4) is 11.1 Å². The van der Waals surface area contributed by atoms with Crippen LogP contribution in [-0.4, -0.2) is 22.8 Å². The Bertz CT molecular complexity index is 778. The van der Waals surface area contributed by atoms with E-state index in [0.29, 0.717) is 19.8 Å². The molecule has 2 heterocycles. The van der Waals surface area contributed by atoms with Gasteiger partial charge in [-0.15, -0.1) is 0 Å². The first-order chi connectivity index (χ1) is 11.9. The van der Waals surface area contributed by atoms with E-state index in [1.54, 1.807) is 12.5 Å². The van der Waals surface area contributed by atoms with Gasteiger partial charge in [0.2, 0.25) is 5.79 Å². The number of hydrogen-bond donors (Lipinski definition) is 0. The van der Waals surface area contributed by atoms with Crippen LogP contribution in [0.2, 0.25) is 0 Å². The molecule has 122 valence electrons. The largest absolute Gasteiger partial charge is 0.344 e. The van der Waals surface area contributed by atoms with E-state index in [0.717, 1.165) is 17.5 Å². The van der Waals surface area contributed by atoms with E-state index in [-0.39, 0.29) is 0 Å². The number of imidazole rings is 1. The molecule has 0 N–H and O–H groups in total. The first-order valence-electron chi connectivity index (χ1n) is 8.25. The van der Waals surface area contributed by atoms with Crippen molar-refractivity contribution in [3.05, 3.63) is 78.9 Å². The van der Waals surface area contributed by atoms with Gasteiger partial charge >= 0.3 is 0 Å². The smallest absolute Gasteiger partial charge is 0.213 e. The second-order valence-corrected chi connectivity index (χ2v) is 5.99. The van der Waals surface area contributed by atoms with Crippen LogP contribution >= 0.6 is 0 Å². The molecule has 1 fully saturated rings. The molecule has 3 aromatic rings. The fourth-order valence-corrected chi connectivity index (χ4v) is 3.11. The average molecular weight is 320 g/mol. The Morgan fingerprint density at radius 1 is 0.958 bits per heavy atom. The lowest BCUT2D eigenvalue weighted by Gasteiger charge is -2.38. The van der Waals surface area contributed by atoms with Crippen molar-refractivity contribution >= 4 is 0 Å². The second-order valence-electron chi connectivity index (χ2n) is 5.99. The summed E-state index contributed by atoms with van der Waals surface area (Å²) in [4.78, 5) is 4.13. The van der Waals surface area contributed by atoms with Gasteiger partial charge in [-0.2, -0.15) is 0 Å². The monoisotopic (exact) mass is 320 g/mol. The zero-order valence-corrected chi connectivity index (χ0v) is 13.5. The lowest BCUT2D eigenvalue weighted by Crippen LogP contribution is -2.41. The van der Waals surface area contributed by atoms with Gasteiger partial charge in [0.25, 0.3) is 0 Å². The fraction of sp³-hybridized carbons (Fsp3) is 0.250. The van der Waals surface area contributed by atoms with Crippen molar-refractivity contribution < 1.29 is 9.47 Å². The molecule has 0 bridgehead atoms. The van der Waals surface area contributed by atoms with Crippen molar-refractivity contribution in [3.63, 3.8) is 0 Å². The van der Waals surface area contributed by atoms with Crippen LogP contribution in [0.3, 0.4) is 0 Å². The molecule has 0 atom stereocenters. The summed E-state index contributed by atoms with van der Waals surface area (Å²) in [5, 5.41) is 0. The highest BCUT2D eigenvalue weighted by Crippen LogP contribution is 2.34. The van der Waals surface area contributed by atoms with Crippen molar-refractivity contribution in [1.29, 1.82) is 0 Å². The molecule has 24 heavy (non-hydrogen) atoms. The molecule has 2 aromatic carbocycles. The third-order valence-electron chi connectivity index (χ3n) is 4.32. The number of benzene rings is 2. The molecule has 0 saturated carbocycles. The lowest BCUT2D eigenvalue weighted by atomic mass is 9.98. The predicted octanol–water partition coefficient (Wildman–Crippen LogP) is 3.84. The summed E-state index contributed by atoms with van der Waals surface area (Å²) >= 11 is 0. The molecule has 1 aliphatic heterocycles. The van der Waals surface area contributed by atoms with E-state index < -0.39 is 5.79 Å². The zero-order chi connectivity index (χ0) is 16.2. The van der Waals surface area contributed by atoms with Gasteiger partial charge in [0.15, 0.2) is 0 Å². The maximum absolute atomic E-state index is 6.14. The van der Waals surface area contributed by atoms with E-state index in [1.165, 1.54) is 5.56 Å². The van der Waals surface area contributed by atoms with Crippen molar-refractivity contribution in [2.45, 2.75) is 18.8 Å². The minimum absolute atomic E-state index is 0.589. The van der Waals surface area contributed by atoms with Crippen LogP contribution in [0.25, 0.3) is 11.1 Å². The summed E-state index contributed by atoms with van der Waals surface area (Å²) in [6.45, 7) is 1.99. The van der Waals surface area contributed by atoms with E-state index >= 15 is 0 Å². The molecule has 0 radical (unpaired) electrons. The first kappa shape index (κ1) is 15.1. The molecule has 0 spiro atoms. The minimum atomic E-state index is -0.760. The fourth-order valence-electron chi connectivity index (χ4n) is 3.11. The van der Waals surface area contributed by atoms with Crippen LogP contribution in [0.15, 0.2) is 73.3 Å². The van der Waals surface area contributed by atoms with Gasteiger partial charge in [-0.05, 0) is 23.6 Å². The molecule has 1 aromatic heterocycles.